The third-order valence-electron chi connectivity index (χ3n) is 5.57. The number of thiophene rings is 1. The van der Waals surface area contributed by atoms with Gasteiger partial charge in [-0.2, -0.15) is 10.2 Å². The number of hydrogen-bond acceptors (Lipinski definition) is 7. The number of rotatable bonds is 6. The molecule has 1 fully saturated rings. The molecule has 2 aromatic carbocycles. The van der Waals surface area contributed by atoms with Crippen molar-refractivity contribution in [2.24, 2.45) is 0 Å². The summed E-state index contributed by atoms with van der Waals surface area (Å²) >= 11 is 1.74. The van der Waals surface area contributed by atoms with Gasteiger partial charge in [-0.25, -0.2) is 0 Å². The van der Waals surface area contributed by atoms with Crippen LogP contribution in [0.1, 0.15) is 16.6 Å². The van der Waals surface area contributed by atoms with E-state index in [1.54, 1.807) is 11.3 Å². The molecule has 0 radical (unpaired) electrons. The summed E-state index contributed by atoms with van der Waals surface area (Å²) in [6, 6.07) is 20.7. The monoisotopic (exact) mass is 430 g/mol. The van der Waals surface area contributed by atoms with E-state index in [2.05, 4.69) is 50.9 Å². The van der Waals surface area contributed by atoms with Crippen LogP contribution < -0.4 is 5.32 Å². The first kappa shape index (κ1) is 19.8. The van der Waals surface area contributed by atoms with E-state index in [-0.39, 0.29) is 11.7 Å². The van der Waals surface area contributed by atoms with Crippen molar-refractivity contribution in [3.8, 4) is 17.5 Å². The minimum absolute atomic E-state index is 0.182. The van der Waals surface area contributed by atoms with Gasteiger partial charge < -0.3 is 14.5 Å². The Kier molecular flexibility index (Phi) is 5.67. The van der Waals surface area contributed by atoms with Gasteiger partial charge in [-0.15, -0.1) is 11.3 Å². The zero-order chi connectivity index (χ0) is 21.0. The van der Waals surface area contributed by atoms with Gasteiger partial charge in [0, 0.05) is 30.1 Å². The first-order valence-electron chi connectivity index (χ1n) is 10.3. The number of benzene rings is 2. The van der Waals surface area contributed by atoms with Gasteiger partial charge in [0.05, 0.1) is 19.3 Å². The fourth-order valence-corrected chi connectivity index (χ4v) is 4.87. The first-order valence-corrected chi connectivity index (χ1v) is 11.2. The topological polar surface area (TPSA) is 74.3 Å². The molecular weight excluding hydrogens is 408 g/mol. The van der Waals surface area contributed by atoms with Gasteiger partial charge in [0.2, 0.25) is 17.5 Å². The van der Waals surface area contributed by atoms with E-state index in [0.29, 0.717) is 18.3 Å². The molecule has 0 bridgehead atoms. The number of nitrogens with one attached hydrogen (secondary N) is 1. The summed E-state index contributed by atoms with van der Waals surface area (Å²) in [6.07, 6.45) is 0. The van der Waals surface area contributed by atoms with Crippen LogP contribution in [0.15, 0.2) is 64.4 Å². The van der Waals surface area contributed by atoms with E-state index in [4.69, 9.17) is 9.15 Å². The first-order chi connectivity index (χ1) is 15.3. The van der Waals surface area contributed by atoms with Gasteiger partial charge in [0.1, 0.15) is 6.07 Å². The van der Waals surface area contributed by atoms with Crippen LogP contribution in [0.3, 0.4) is 0 Å². The third kappa shape index (κ3) is 4.06. The summed E-state index contributed by atoms with van der Waals surface area (Å²) < 4.78 is 11.6. The molecule has 7 heteroatoms. The average Bonchev–Trinajstić information content (AvgIpc) is 3.50. The second kappa shape index (κ2) is 8.90. The summed E-state index contributed by atoms with van der Waals surface area (Å²) in [5, 5.41) is 17.3. The quantitative estimate of drug-likeness (QED) is 0.468. The molecule has 5 rings (SSSR count). The molecule has 156 valence electrons. The Morgan fingerprint density at radius 1 is 1.10 bits per heavy atom. The molecule has 0 aliphatic carbocycles. The zero-order valence-corrected chi connectivity index (χ0v) is 17.8. The zero-order valence-electron chi connectivity index (χ0n) is 17.0. The van der Waals surface area contributed by atoms with Crippen LogP contribution >= 0.6 is 11.3 Å². The number of morpholine rings is 1. The van der Waals surface area contributed by atoms with E-state index in [1.807, 2.05) is 30.3 Å². The molecule has 31 heavy (non-hydrogen) atoms. The predicted molar refractivity (Wildman–Crippen MR) is 122 cm³/mol. The molecule has 1 aliphatic rings. The molecule has 0 amide bonds. The standard InChI is InChI=1S/C24H22N4O2S/c25-15-20-24(26-16-21(22-9-4-14-31-22)28-10-12-29-13-11-28)30-23(27-20)19-8-3-6-17-5-1-2-7-18(17)19/h1-9,14,21,26H,10-13,16H2. The molecule has 6 nitrogen and oxygen atoms in total. The lowest BCUT2D eigenvalue weighted by atomic mass is 10.0. The fraction of sp³-hybridized carbons (Fsp3) is 0.250. The molecule has 1 aliphatic heterocycles. The van der Waals surface area contributed by atoms with Gasteiger partial charge >= 0.3 is 0 Å². The van der Waals surface area contributed by atoms with E-state index < -0.39 is 0 Å². The van der Waals surface area contributed by atoms with Crippen LogP contribution in [0.2, 0.25) is 0 Å². The van der Waals surface area contributed by atoms with Gasteiger partial charge in [-0.3, -0.25) is 4.90 Å². The molecule has 0 saturated carbocycles. The highest BCUT2D eigenvalue weighted by molar-refractivity contribution is 7.10. The van der Waals surface area contributed by atoms with Crippen molar-refractivity contribution >= 4 is 28.0 Å². The third-order valence-corrected chi connectivity index (χ3v) is 6.54. The van der Waals surface area contributed by atoms with Crippen molar-refractivity contribution in [1.29, 1.82) is 5.26 Å². The van der Waals surface area contributed by atoms with E-state index >= 15 is 0 Å². The Balaban J connectivity index is 1.43. The highest BCUT2D eigenvalue weighted by atomic mass is 32.1. The Morgan fingerprint density at radius 3 is 2.74 bits per heavy atom. The summed E-state index contributed by atoms with van der Waals surface area (Å²) in [6.45, 7) is 3.86. The van der Waals surface area contributed by atoms with Crippen molar-refractivity contribution in [3.05, 3.63) is 70.5 Å². The second-order valence-corrected chi connectivity index (χ2v) is 8.37. The van der Waals surface area contributed by atoms with Crippen LogP contribution in [0.5, 0.6) is 0 Å². The number of aromatic nitrogens is 1. The number of nitrogens with zero attached hydrogens (tertiary/aromatic N) is 3. The molecule has 1 unspecified atom stereocenters. The Bertz CT molecular complexity index is 1200. The lowest BCUT2D eigenvalue weighted by Crippen LogP contribution is -2.41. The lowest BCUT2D eigenvalue weighted by Gasteiger charge is -2.34. The molecule has 3 heterocycles. The summed E-state index contributed by atoms with van der Waals surface area (Å²) in [5.74, 6) is 0.871. The van der Waals surface area contributed by atoms with Crippen molar-refractivity contribution in [1.82, 2.24) is 9.88 Å². The highest BCUT2D eigenvalue weighted by Gasteiger charge is 2.25. The highest BCUT2D eigenvalue weighted by Crippen LogP contribution is 2.32. The van der Waals surface area contributed by atoms with E-state index in [9.17, 15) is 5.26 Å². The molecule has 1 atom stereocenters. The molecule has 4 aromatic rings. The number of nitriles is 1. The number of ether oxygens (including phenoxy) is 1. The largest absolute Gasteiger partial charge is 0.419 e. The molecule has 2 aromatic heterocycles. The SMILES string of the molecule is N#Cc1nc(-c2cccc3ccccc23)oc1NCC(c1cccs1)N1CCOCC1. The Hall–Kier alpha value is -3.18. The number of fused-ring (bicyclic) bond motifs is 1. The molecule has 1 N–H and O–H groups in total. The lowest BCUT2D eigenvalue weighted by molar-refractivity contribution is 0.0193. The normalized spacial score (nSPS) is 15.6. The molecular formula is C24H22N4O2S. The van der Waals surface area contributed by atoms with Gasteiger partial charge in [0.25, 0.3) is 0 Å². The summed E-state index contributed by atoms with van der Waals surface area (Å²) in [4.78, 5) is 8.17. The van der Waals surface area contributed by atoms with Crippen LogP contribution in [0, 0.1) is 11.3 Å². The minimum atomic E-state index is 0.182. The van der Waals surface area contributed by atoms with Gasteiger partial charge in [-0.05, 0) is 28.3 Å². The van der Waals surface area contributed by atoms with Crippen molar-refractivity contribution in [2.45, 2.75) is 6.04 Å². The Morgan fingerprint density at radius 2 is 1.94 bits per heavy atom. The summed E-state index contributed by atoms with van der Waals surface area (Å²) in [7, 11) is 0. The van der Waals surface area contributed by atoms with E-state index in [0.717, 1.165) is 42.6 Å². The second-order valence-electron chi connectivity index (χ2n) is 7.40. The average molecular weight is 431 g/mol. The van der Waals surface area contributed by atoms with Crippen molar-refractivity contribution < 1.29 is 9.15 Å². The van der Waals surface area contributed by atoms with Crippen LogP contribution in [-0.2, 0) is 4.74 Å². The molecule has 0 spiro atoms. The van der Waals surface area contributed by atoms with Crippen molar-refractivity contribution in [2.75, 3.05) is 38.2 Å². The van der Waals surface area contributed by atoms with Gasteiger partial charge in [-0.1, -0.05) is 42.5 Å². The fourth-order valence-electron chi connectivity index (χ4n) is 4.01. The smallest absolute Gasteiger partial charge is 0.232 e. The number of hydrogen-bond donors (Lipinski definition) is 1. The predicted octanol–water partition coefficient (Wildman–Crippen LogP) is 4.91. The van der Waals surface area contributed by atoms with Gasteiger partial charge in [0.15, 0.2) is 0 Å². The summed E-state index contributed by atoms with van der Waals surface area (Å²) in [5.41, 5.74) is 1.15. The van der Waals surface area contributed by atoms with Crippen LogP contribution in [-0.4, -0.2) is 42.7 Å². The molecule has 1 saturated heterocycles. The maximum Gasteiger partial charge on any atom is 0.232 e. The Labute approximate surface area is 184 Å². The van der Waals surface area contributed by atoms with Crippen molar-refractivity contribution in [3.63, 3.8) is 0 Å². The minimum Gasteiger partial charge on any atom is -0.419 e. The number of oxazole rings is 1. The van der Waals surface area contributed by atoms with Crippen LogP contribution in [0.4, 0.5) is 5.88 Å². The van der Waals surface area contributed by atoms with E-state index in [1.165, 1.54) is 4.88 Å². The maximum absolute atomic E-state index is 9.65. The maximum atomic E-state index is 9.65. The number of anilines is 1. The van der Waals surface area contributed by atoms with Crippen LogP contribution in [0.25, 0.3) is 22.2 Å².